The van der Waals surface area contributed by atoms with Crippen LogP contribution < -0.4 is 11.1 Å². The van der Waals surface area contributed by atoms with Crippen molar-refractivity contribution in [2.24, 2.45) is 0 Å². The Hall–Kier alpha value is -2.63. The molecule has 1 aromatic carbocycles. The van der Waals surface area contributed by atoms with Crippen LogP contribution >= 0.6 is 0 Å². The largest absolute Gasteiger partial charge is 0.399 e. The molecule has 0 fully saturated rings. The zero-order valence-electron chi connectivity index (χ0n) is 9.83. The second kappa shape index (κ2) is 3.99. The van der Waals surface area contributed by atoms with Gasteiger partial charge in [0, 0.05) is 23.1 Å². The van der Waals surface area contributed by atoms with Crippen molar-refractivity contribution in [1.29, 1.82) is 0 Å². The predicted octanol–water partition coefficient (Wildman–Crippen LogP) is 1.76. The van der Waals surface area contributed by atoms with Gasteiger partial charge in [-0.05, 0) is 25.1 Å². The van der Waals surface area contributed by atoms with Crippen molar-refractivity contribution in [3.05, 3.63) is 42.4 Å². The third kappa shape index (κ3) is 1.84. The van der Waals surface area contributed by atoms with Crippen molar-refractivity contribution in [1.82, 2.24) is 19.6 Å². The van der Waals surface area contributed by atoms with E-state index >= 15 is 0 Å². The molecule has 6 heteroatoms. The van der Waals surface area contributed by atoms with Gasteiger partial charge >= 0.3 is 0 Å². The minimum absolute atomic E-state index is 0.571. The molecule has 0 amide bonds. The maximum Gasteiger partial charge on any atom is 0.254 e. The number of nitrogens with two attached hydrogens (primary N) is 1. The zero-order chi connectivity index (χ0) is 12.5. The van der Waals surface area contributed by atoms with Crippen LogP contribution in [-0.4, -0.2) is 19.6 Å². The molecular weight excluding hydrogens is 228 g/mol. The third-order valence-corrected chi connectivity index (χ3v) is 2.54. The molecule has 0 aliphatic carbocycles. The van der Waals surface area contributed by atoms with Gasteiger partial charge in [0.15, 0.2) is 0 Å². The van der Waals surface area contributed by atoms with Crippen molar-refractivity contribution in [2.75, 3.05) is 11.1 Å². The third-order valence-electron chi connectivity index (χ3n) is 2.54. The molecule has 0 spiro atoms. The van der Waals surface area contributed by atoms with Gasteiger partial charge < -0.3 is 11.1 Å². The van der Waals surface area contributed by atoms with Crippen molar-refractivity contribution in [3.63, 3.8) is 0 Å². The fraction of sp³-hybridized carbons (Fsp3) is 0.0833. The summed E-state index contributed by atoms with van der Waals surface area (Å²) < 4.78 is 1.65. The number of aryl methyl sites for hydroxylation is 1. The van der Waals surface area contributed by atoms with Crippen LogP contribution in [0.25, 0.3) is 5.78 Å². The number of aromatic nitrogens is 4. The van der Waals surface area contributed by atoms with Crippen LogP contribution in [0.1, 0.15) is 5.69 Å². The van der Waals surface area contributed by atoms with Gasteiger partial charge in [-0.25, -0.2) is 4.98 Å². The summed E-state index contributed by atoms with van der Waals surface area (Å²) in [6.07, 6.45) is 1.48. The average molecular weight is 240 g/mol. The quantitative estimate of drug-likeness (QED) is 0.667. The first-order valence-corrected chi connectivity index (χ1v) is 5.52. The maximum atomic E-state index is 5.75. The summed E-state index contributed by atoms with van der Waals surface area (Å²) in [4.78, 5) is 8.36. The van der Waals surface area contributed by atoms with Crippen LogP contribution in [0.3, 0.4) is 0 Å². The van der Waals surface area contributed by atoms with Gasteiger partial charge in [-0.3, -0.25) is 0 Å². The highest BCUT2D eigenvalue weighted by Crippen LogP contribution is 2.19. The lowest BCUT2D eigenvalue weighted by atomic mass is 10.3. The van der Waals surface area contributed by atoms with Gasteiger partial charge in [0.05, 0.1) is 0 Å². The fourth-order valence-electron chi connectivity index (χ4n) is 1.78. The Labute approximate surface area is 103 Å². The van der Waals surface area contributed by atoms with Crippen molar-refractivity contribution < 1.29 is 0 Å². The molecule has 0 bridgehead atoms. The van der Waals surface area contributed by atoms with E-state index in [9.17, 15) is 0 Å². The normalized spacial score (nSPS) is 10.7. The molecule has 18 heavy (non-hydrogen) atoms. The smallest absolute Gasteiger partial charge is 0.254 e. The first-order valence-electron chi connectivity index (χ1n) is 5.52. The lowest BCUT2D eigenvalue weighted by Gasteiger charge is -2.08. The molecule has 0 aliphatic rings. The first kappa shape index (κ1) is 10.5. The molecule has 3 rings (SSSR count). The van der Waals surface area contributed by atoms with E-state index in [0.717, 1.165) is 17.2 Å². The van der Waals surface area contributed by atoms with Gasteiger partial charge in [0.1, 0.15) is 12.1 Å². The number of anilines is 3. The Kier molecular flexibility index (Phi) is 2.33. The number of rotatable bonds is 2. The zero-order valence-corrected chi connectivity index (χ0v) is 9.83. The topological polar surface area (TPSA) is 81.1 Å². The van der Waals surface area contributed by atoms with Crippen LogP contribution in [-0.2, 0) is 0 Å². The molecule has 0 saturated heterocycles. The molecule has 0 radical (unpaired) electrons. The Morgan fingerprint density at radius 3 is 3.00 bits per heavy atom. The number of nitrogen functional groups attached to an aromatic ring is 1. The van der Waals surface area contributed by atoms with E-state index in [1.54, 1.807) is 4.52 Å². The second-order valence-electron chi connectivity index (χ2n) is 4.01. The van der Waals surface area contributed by atoms with E-state index in [0.29, 0.717) is 11.5 Å². The van der Waals surface area contributed by atoms with E-state index < -0.39 is 0 Å². The number of nitrogens with zero attached hydrogens (tertiary/aromatic N) is 4. The average Bonchev–Trinajstić information content (AvgIpc) is 2.77. The number of hydrogen-bond donors (Lipinski definition) is 2. The highest BCUT2D eigenvalue weighted by molar-refractivity contribution is 5.62. The number of hydrogen-bond acceptors (Lipinski definition) is 5. The molecule has 6 nitrogen and oxygen atoms in total. The van der Waals surface area contributed by atoms with Crippen molar-refractivity contribution in [3.8, 4) is 0 Å². The summed E-state index contributed by atoms with van der Waals surface area (Å²) in [5.41, 5.74) is 8.23. The fourth-order valence-corrected chi connectivity index (χ4v) is 1.78. The Morgan fingerprint density at radius 2 is 2.17 bits per heavy atom. The van der Waals surface area contributed by atoms with Gasteiger partial charge in [0.25, 0.3) is 5.78 Å². The van der Waals surface area contributed by atoms with Crippen LogP contribution in [0.4, 0.5) is 17.2 Å². The molecule has 2 heterocycles. The van der Waals surface area contributed by atoms with Gasteiger partial charge in [-0.2, -0.15) is 14.6 Å². The Morgan fingerprint density at radius 1 is 1.28 bits per heavy atom. The molecule has 90 valence electrons. The molecular formula is C12H12N6. The minimum Gasteiger partial charge on any atom is -0.399 e. The minimum atomic E-state index is 0.571. The molecule has 3 N–H and O–H groups in total. The molecule has 2 aromatic heterocycles. The Balaban J connectivity index is 2.06. The van der Waals surface area contributed by atoms with Crippen molar-refractivity contribution in [2.45, 2.75) is 6.92 Å². The predicted molar refractivity (Wildman–Crippen MR) is 69.7 cm³/mol. The molecule has 0 saturated carbocycles. The summed E-state index contributed by atoms with van der Waals surface area (Å²) in [5.74, 6) is 1.38. The number of benzene rings is 1. The summed E-state index contributed by atoms with van der Waals surface area (Å²) in [5, 5.41) is 7.38. The van der Waals surface area contributed by atoms with Crippen LogP contribution in [0.2, 0.25) is 0 Å². The maximum absolute atomic E-state index is 5.75. The standard InChI is InChI=1S/C12H12N6/c1-8-5-11(18-12(16-8)14-7-15-18)17-10-4-2-3-9(13)6-10/h2-7,17H,13H2,1H3. The van der Waals surface area contributed by atoms with E-state index in [1.807, 2.05) is 37.3 Å². The summed E-state index contributed by atoms with van der Waals surface area (Å²) in [6.45, 7) is 1.92. The number of nitrogens with one attached hydrogen (secondary N) is 1. The van der Waals surface area contributed by atoms with E-state index in [4.69, 9.17) is 5.73 Å². The second-order valence-corrected chi connectivity index (χ2v) is 4.01. The summed E-state index contributed by atoms with van der Waals surface area (Å²) >= 11 is 0. The lowest BCUT2D eigenvalue weighted by Crippen LogP contribution is -2.02. The molecule has 0 atom stereocenters. The van der Waals surface area contributed by atoms with Crippen molar-refractivity contribution >= 4 is 23.0 Å². The first-order chi connectivity index (χ1) is 8.72. The monoisotopic (exact) mass is 240 g/mol. The highest BCUT2D eigenvalue weighted by Gasteiger charge is 2.05. The summed E-state index contributed by atoms with van der Waals surface area (Å²) in [7, 11) is 0. The van der Waals surface area contributed by atoms with Gasteiger partial charge in [-0.1, -0.05) is 6.07 Å². The number of fused-ring (bicyclic) bond motifs is 1. The SMILES string of the molecule is Cc1cc(Nc2cccc(N)c2)n2ncnc2n1. The van der Waals surface area contributed by atoms with Gasteiger partial charge in [-0.15, -0.1) is 0 Å². The Bertz CT molecular complexity index is 703. The van der Waals surface area contributed by atoms with Crippen LogP contribution in [0, 0.1) is 6.92 Å². The van der Waals surface area contributed by atoms with E-state index in [-0.39, 0.29) is 0 Å². The molecule has 0 unspecified atom stereocenters. The summed E-state index contributed by atoms with van der Waals surface area (Å²) in [6, 6.07) is 9.44. The van der Waals surface area contributed by atoms with Crippen LogP contribution in [0.15, 0.2) is 36.7 Å². The van der Waals surface area contributed by atoms with Gasteiger partial charge in [0.2, 0.25) is 0 Å². The lowest BCUT2D eigenvalue weighted by molar-refractivity contribution is 0.937. The van der Waals surface area contributed by atoms with E-state index in [2.05, 4.69) is 20.4 Å². The molecule has 0 aliphatic heterocycles. The van der Waals surface area contributed by atoms with E-state index in [1.165, 1.54) is 6.33 Å². The molecule has 3 aromatic rings. The highest BCUT2D eigenvalue weighted by atomic mass is 15.3. The van der Waals surface area contributed by atoms with Crippen LogP contribution in [0.5, 0.6) is 0 Å².